The minimum Gasteiger partial charge on any atom is -0.374 e. The van der Waals surface area contributed by atoms with Gasteiger partial charge in [0.1, 0.15) is 0 Å². The second kappa shape index (κ2) is 6.85. The maximum atomic E-state index is 12.9. The van der Waals surface area contributed by atoms with Gasteiger partial charge in [-0.3, -0.25) is 0 Å². The number of ether oxygens (including phenoxy) is 1. The third-order valence-corrected chi connectivity index (χ3v) is 9.08. The molecule has 4 aliphatic rings. The van der Waals surface area contributed by atoms with Crippen LogP contribution in [0.1, 0.15) is 60.8 Å². The molecule has 4 nitrogen and oxygen atoms in total. The number of rotatable bonds is 6. The summed E-state index contributed by atoms with van der Waals surface area (Å²) in [5, 5.41) is 0. The molecule has 5 rings (SSSR count). The fourth-order valence-electron chi connectivity index (χ4n) is 6.31. The number of sulfonamides is 1. The van der Waals surface area contributed by atoms with Crippen molar-refractivity contribution in [1.82, 2.24) is 4.72 Å². The van der Waals surface area contributed by atoms with E-state index in [1.165, 1.54) is 38.5 Å². The van der Waals surface area contributed by atoms with E-state index < -0.39 is 10.0 Å². The Bertz CT molecular complexity index is 782. The maximum Gasteiger partial charge on any atom is 0.241 e. The van der Waals surface area contributed by atoms with Crippen molar-refractivity contribution in [2.24, 2.45) is 17.8 Å². The molecule has 150 valence electrons. The lowest BCUT2D eigenvalue weighted by Gasteiger charge is -2.56. The van der Waals surface area contributed by atoms with Crippen LogP contribution in [-0.4, -0.2) is 27.2 Å². The van der Waals surface area contributed by atoms with Crippen molar-refractivity contribution in [3.05, 3.63) is 28.3 Å². The second-order valence-electron chi connectivity index (χ2n) is 9.44. The first-order valence-corrected chi connectivity index (χ1v) is 11.9. The van der Waals surface area contributed by atoms with E-state index in [9.17, 15) is 8.42 Å². The molecule has 0 aliphatic heterocycles. The molecular weight excluding hydrogens is 358 g/mol. The van der Waals surface area contributed by atoms with E-state index in [1.54, 1.807) is 0 Å². The fourth-order valence-corrected chi connectivity index (χ4v) is 7.93. The average Bonchev–Trinajstić information content (AvgIpc) is 2.56. The van der Waals surface area contributed by atoms with Crippen LogP contribution < -0.4 is 4.72 Å². The Hall–Kier alpha value is -0.910. The normalized spacial score (nSPS) is 32.2. The molecule has 0 unspecified atom stereocenters. The number of aryl methyl sites for hydroxylation is 2. The molecular formula is C22H33NO3S. The second-order valence-corrected chi connectivity index (χ2v) is 11.1. The quantitative estimate of drug-likeness (QED) is 0.740. The topological polar surface area (TPSA) is 55.4 Å². The van der Waals surface area contributed by atoms with Gasteiger partial charge in [-0.25, -0.2) is 13.1 Å². The smallest absolute Gasteiger partial charge is 0.241 e. The summed E-state index contributed by atoms with van der Waals surface area (Å²) in [6.07, 6.45) is 7.71. The largest absolute Gasteiger partial charge is 0.374 e. The zero-order chi connectivity index (χ0) is 19.4. The van der Waals surface area contributed by atoms with Crippen LogP contribution in [-0.2, 0) is 14.8 Å². The van der Waals surface area contributed by atoms with E-state index in [4.69, 9.17) is 4.74 Å². The highest BCUT2D eigenvalue weighted by molar-refractivity contribution is 7.89. The molecule has 4 aliphatic carbocycles. The van der Waals surface area contributed by atoms with Crippen molar-refractivity contribution in [2.75, 3.05) is 13.2 Å². The first-order chi connectivity index (χ1) is 12.7. The van der Waals surface area contributed by atoms with Crippen LogP contribution in [0, 0.1) is 45.4 Å². The van der Waals surface area contributed by atoms with Gasteiger partial charge in [0.05, 0.1) is 17.1 Å². The summed E-state index contributed by atoms with van der Waals surface area (Å²) < 4.78 is 35.0. The van der Waals surface area contributed by atoms with Crippen molar-refractivity contribution in [3.8, 4) is 0 Å². The van der Waals surface area contributed by atoms with E-state index in [0.29, 0.717) is 18.0 Å². The molecule has 0 radical (unpaired) electrons. The Morgan fingerprint density at radius 1 is 0.963 bits per heavy atom. The molecule has 5 heteroatoms. The number of hydrogen-bond acceptors (Lipinski definition) is 3. The highest BCUT2D eigenvalue weighted by Gasteiger charge is 2.51. The van der Waals surface area contributed by atoms with Gasteiger partial charge in [0.15, 0.2) is 0 Å². The molecule has 1 aromatic carbocycles. The zero-order valence-electron chi connectivity index (χ0n) is 17.1. The lowest BCUT2D eigenvalue weighted by Crippen LogP contribution is -2.52. The van der Waals surface area contributed by atoms with Crippen LogP contribution in [0.3, 0.4) is 0 Å². The summed E-state index contributed by atoms with van der Waals surface area (Å²) in [5.41, 5.74) is 3.75. The lowest BCUT2D eigenvalue weighted by atomic mass is 9.54. The summed E-state index contributed by atoms with van der Waals surface area (Å²) >= 11 is 0. The third kappa shape index (κ3) is 3.58. The summed E-state index contributed by atoms with van der Waals surface area (Å²) in [6, 6.07) is 2.06. The van der Waals surface area contributed by atoms with Gasteiger partial charge in [0, 0.05) is 6.54 Å². The van der Waals surface area contributed by atoms with E-state index in [2.05, 4.69) is 10.8 Å². The van der Waals surface area contributed by atoms with E-state index in [1.807, 2.05) is 27.7 Å². The van der Waals surface area contributed by atoms with Gasteiger partial charge in [0.2, 0.25) is 10.0 Å². The number of nitrogens with one attached hydrogen (secondary N) is 1. The molecule has 0 atom stereocenters. The van der Waals surface area contributed by atoms with Crippen molar-refractivity contribution in [3.63, 3.8) is 0 Å². The highest BCUT2D eigenvalue weighted by Crippen LogP contribution is 2.57. The van der Waals surface area contributed by atoms with Gasteiger partial charge >= 0.3 is 0 Å². The molecule has 4 saturated carbocycles. The molecule has 4 bridgehead atoms. The number of hydrogen-bond donors (Lipinski definition) is 1. The van der Waals surface area contributed by atoms with E-state index in [0.717, 1.165) is 40.0 Å². The molecule has 27 heavy (non-hydrogen) atoms. The monoisotopic (exact) mass is 391 g/mol. The first kappa shape index (κ1) is 19.4. The molecule has 4 fully saturated rings. The molecule has 0 heterocycles. The predicted octanol–water partition coefficient (Wildman–Crippen LogP) is 4.18. The van der Waals surface area contributed by atoms with Crippen molar-refractivity contribution < 1.29 is 13.2 Å². The Labute approximate surface area is 164 Å². The summed E-state index contributed by atoms with van der Waals surface area (Å²) in [5.74, 6) is 2.52. The summed E-state index contributed by atoms with van der Waals surface area (Å²) in [7, 11) is -3.52. The average molecular weight is 392 g/mol. The zero-order valence-corrected chi connectivity index (χ0v) is 17.9. The minimum absolute atomic E-state index is 0.0337. The highest BCUT2D eigenvalue weighted by atomic mass is 32.2. The molecule has 0 spiro atoms. The van der Waals surface area contributed by atoms with Gasteiger partial charge < -0.3 is 4.74 Å². The molecule has 0 saturated heterocycles. The minimum atomic E-state index is -3.52. The van der Waals surface area contributed by atoms with Crippen LogP contribution in [0.25, 0.3) is 0 Å². The number of benzene rings is 1. The van der Waals surface area contributed by atoms with Gasteiger partial charge in [0.25, 0.3) is 0 Å². The van der Waals surface area contributed by atoms with Gasteiger partial charge in [-0.15, -0.1) is 0 Å². The van der Waals surface area contributed by atoms with Gasteiger partial charge in [-0.2, -0.15) is 0 Å². The summed E-state index contributed by atoms with van der Waals surface area (Å²) in [6.45, 7) is 8.53. The predicted molar refractivity (Wildman–Crippen MR) is 107 cm³/mol. The van der Waals surface area contributed by atoms with Crippen molar-refractivity contribution in [1.29, 1.82) is 0 Å². The SMILES string of the molecule is Cc1cc(C)c(C)c(S(=O)(=O)NCCOC23CC4CC(CC(C4)C2)C3)c1C. The van der Waals surface area contributed by atoms with E-state index >= 15 is 0 Å². The molecule has 1 N–H and O–H groups in total. The molecule has 0 aromatic heterocycles. The third-order valence-electron chi connectivity index (χ3n) is 7.35. The van der Waals surface area contributed by atoms with Crippen LogP contribution in [0.2, 0.25) is 0 Å². The molecule has 1 aromatic rings. The van der Waals surface area contributed by atoms with Crippen molar-refractivity contribution >= 4 is 10.0 Å². The van der Waals surface area contributed by atoms with Crippen LogP contribution in [0.5, 0.6) is 0 Å². The first-order valence-electron chi connectivity index (χ1n) is 10.4. The Morgan fingerprint density at radius 2 is 1.44 bits per heavy atom. The fraction of sp³-hybridized carbons (Fsp3) is 0.727. The van der Waals surface area contributed by atoms with Crippen LogP contribution in [0.4, 0.5) is 0 Å². The summed E-state index contributed by atoms with van der Waals surface area (Å²) in [4.78, 5) is 0.440. The van der Waals surface area contributed by atoms with Crippen molar-refractivity contribution in [2.45, 2.75) is 76.7 Å². The van der Waals surface area contributed by atoms with Gasteiger partial charge in [-0.05, 0) is 106 Å². The Balaban J connectivity index is 1.40. The van der Waals surface area contributed by atoms with Gasteiger partial charge in [-0.1, -0.05) is 6.07 Å². The maximum absolute atomic E-state index is 12.9. The lowest BCUT2D eigenvalue weighted by molar-refractivity contribution is -0.160. The van der Waals surface area contributed by atoms with Crippen LogP contribution >= 0.6 is 0 Å². The Kier molecular flexibility index (Phi) is 4.93. The Morgan fingerprint density at radius 3 is 1.93 bits per heavy atom. The van der Waals surface area contributed by atoms with E-state index in [-0.39, 0.29) is 5.60 Å². The molecule has 0 amide bonds. The standard InChI is InChI=1S/C22H33NO3S/c1-14-7-15(2)17(4)21(16(14)3)27(24,25)23-5-6-26-22-11-18-8-19(12-22)10-20(9-18)13-22/h7,18-20,23H,5-6,8-13H2,1-4H3. The van der Waals surface area contributed by atoms with Crippen LogP contribution in [0.15, 0.2) is 11.0 Å².